The van der Waals surface area contributed by atoms with Crippen LogP contribution in [0.4, 0.5) is 0 Å². The van der Waals surface area contributed by atoms with Crippen LogP contribution in [0.1, 0.15) is 11.4 Å². The standard InChI is InChI=1S/C13H17N3O2/c1-8-13(10(7-14)16-15-8)9-4-5-11(17-2)12(6-9)18-3/h4-6H,7,14H2,1-3H3,(H,15,16). The van der Waals surface area contributed by atoms with Crippen LogP contribution < -0.4 is 15.2 Å². The van der Waals surface area contributed by atoms with Gasteiger partial charge in [0.05, 0.1) is 19.9 Å². The Bertz CT molecular complexity index is 549. The molecule has 1 aromatic heterocycles. The number of nitrogens with two attached hydrogens (primary N) is 1. The van der Waals surface area contributed by atoms with E-state index in [0.717, 1.165) is 22.5 Å². The number of aromatic nitrogens is 2. The molecule has 0 amide bonds. The maximum absolute atomic E-state index is 5.69. The van der Waals surface area contributed by atoms with Crippen molar-refractivity contribution in [3.63, 3.8) is 0 Å². The Morgan fingerprint density at radius 2 is 1.94 bits per heavy atom. The molecule has 0 bridgehead atoms. The third-order valence-electron chi connectivity index (χ3n) is 2.89. The van der Waals surface area contributed by atoms with Gasteiger partial charge in [0.2, 0.25) is 0 Å². The molecule has 18 heavy (non-hydrogen) atoms. The molecule has 0 aliphatic rings. The number of nitrogens with zero attached hydrogens (tertiary/aromatic N) is 1. The number of methoxy groups -OCH3 is 2. The number of ether oxygens (including phenoxy) is 2. The number of aromatic amines is 1. The van der Waals surface area contributed by atoms with E-state index < -0.39 is 0 Å². The van der Waals surface area contributed by atoms with Gasteiger partial charge in [0, 0.05) is 17.8 Å². The van der Waals surface area contributed by atoms with Crippen molar-refractivity contribution in [2.45, 2.75) is 13.5 Å². The van der Waals surface area contributed by atoms with Gasteiger partial charge in [-0.2, -0.15) is 5.10 Å². The minimum atomic E-state index is 0.397. The van der Waals surface area contributed by atoms with Gasteiger partial charge >= 0.3 is 0 Å². The van der Waals surface area contributed by atoms with E-state index in [1.165, 1.54) is 0 Å². The highest BCUT2D eigenvalue weighted by molar-refractivity contribution is 5.71. The summed E-state index contributed by atoms with van der Waals surface area (Å²) in [5.74, 6) is 1.40. The van der Waals surface area contributed by atoms with Crippen molar-refractivity contribution in [3.8, 4) is 22.6 Å². The summed E-state index contributed by atoms with van der Waals surface area (Å²) in [5.41, 5.74) is 9.56. The first kappa shape index (κ1) is 12.4. The predicted molar refractivity (Wildman–Crippen MR) is 69.8 cm³/mol. The Hall–Kier alpha value is -2.01. The molecule has 96 valence electrons. The van der Waals surface area contributed by atoms with E-state index in [1.807, 2.05) is 25.1 Å². The third-order valence-corrected chi connectivity index (χ3v) is 2.89. The van der Waals surface area contributed by atoms with Gasteiger partial charge in [-0.15, -0.1) is 0 Å². The number of benzene rings is 1. The molecule has 0 saturated heterocycles. The SMILES string of the molecule is COc1ccc(-c2c(CN)n[nH]c2C)cc1OC. The van der Waals surface area contributed by atoms with Crippen molar-refractivity contribution in [3.05, 3.63) is 29.6 Å². The fourth-order valence-electron chi connectivity index (χ4n) is 2.00. The number of nitrogens with one attached hydrogen (secondary N) is 1. The molecular weight excluding hydrogens is 230 g/mol. The number of hydrogen-bond donors (Lipinski definition) is 2. The molecule has 1 heterocycles. The second kappa shape index (κ2) is 5.10. The summed E-state index contributed by atoms with van der Waals surface area (Å²) < 4.78 is 10.5. The smallest absolute Gasteiger partial charge is 0.161 e. The maximum atomic E-state index is 5.69. The van der Waals surface area contributed by atoms with E-state index >= 15 is 0 Å². The van der Waals surface area contributed by atoms with Crippen LogP contribution in [0.15, 0.2) is 18.2 Å². The quantitative estimate of drug-likeness (QED) is 0.865. The molecule has 0 radical (unpaired) electrons. The van der Waals surface area contributed by atoms with Crippen LogP contribution in [0, 0.1) is 6.92 Å². The van der Waals surface area contributed by atoms with Crippen LogP contribution in [-0.4, -0.2) is 24.4 Å². The highest BCUT2D eigenvalue weighted by Gasteiger charge is 2.13. The van der Waals surface area contributed by atoms with Gasteiger partial charge in [0.1, 0.15) is 0 Å². The summed E-state index contributed by atoms with van der Waals surface area (Å²) >= 11 is 0. The Morgan fingerprint density at radius 3 is 2.56 bits per heavy atom. The van der Waals surface area contributed by atoms with E-state index in [1.54, 1.807) is 14.2 Å². The van der Waals surface area contributed by atoms with Crippen LogP contribution >= 0.6 is 0 Å². The zero-order valence-corrected chi connectivity index (χ0v) is 10.8. The van der Waals surface area contributed by atoms with E-state index in [0.29, 0.717) is 18.0 Å². The summed E-state index contributed by atoms with van der Waals surface area (Å²) in [6, 6.07) is 5.77. The zero-order valence-electron chi connectivity index (χ0n) is 10.8. The third kappa shape index (κ3) is 2.04. The summed E-state index contributed by atoms with van der Waals surface area (Å²) in [7, 11) is 3.24. The summed E-state index contributed by atoms with van der Waals surface area (Å²) in [5, 5.41) is 7.14. The molecule has 0 aliphatic carbocycles. The van der Waals surface area contributed by atoms with Crippen LogP contribution in [0.25, 0.3) is 11.1 Å². The number of H-pyrrole nitrogens is 1. The molecule has 1 aromatic carbocycles. The molecule has 0 atom stereocenters. The van der Waals surface area contributed by atoms with E-state index in [9.17, 15) is 0 Å². The van der Waals surface area contributed by atoms with E-state index in [2.05, 4.69) is 10.2 Å². The summed E-state index contributed by atoms with van der Waals surface area (Å²) in [6.07, 6.45) is 0. The van der Waals surface area contributed by atoms with Crippen LogP contribution in [0.5, 0.6) is 11.5 Å². The lowest BCUT2D eigenvalue weighted by Crippen LogP contribution is -1.99. The predicted octanol–water partition coefficient (Wildman–Crippen LogP) is 1.86. The van der Waals surface area contributed by atoms with Crippen molar-refractivity contribution in [1.29, 1.82) is 0 Å². The van der Waals surface area contributed by atoms with Gasteiger partial charge in [-0.3, -0.25) is 5.10 Å². The Balaban J connectivity index is 2.54. The van der Waals surface area contributed by atoms with Gasteiger partial charge in [-0.1, -0.05) is 6.07 Å². The number of hydrogen-bond acceptors (Lipinski definition) is 4. The maximum Gasteiger partial charge on any atom is 0.161 e. The molecule has 2 aromatic rings. The summed E-state index contributed by atoms with van der Waals surface area (Å²) in [4.78, 5) is 0. The monoisotopic (exact) mass is 247 g/mol. The van der Waals surface area contributed by atoms with Gasteiger partial charge in [0.15, 0.2) is 11.5 Å². The second-order valence-corrected chi connectivity index (χ2v) is 3.94. The molecular formula is C13H17N3O2. The molecule has 3 N–H and O–H groups in total. The average Bonchev–Trinajstić information content (AvgIpc) is 2.79. The van der Waals surface area contributed by atoms with Gasteiger partial charge in [0.25, 0.3) is 0 Å². The summed E-state index contributed by atoms with van der Waals surface area (Å²) in [6.45, 7) is 2.37. The van der Waals surface area contributed by atoms with Crippen LogP contribution in [-0.2, 0) is 6.54 Å². The highest BCUT2D eigenvalue weighted by atomic mass is 16.5. The van der Waals surface area contributed by atoms with Crippen molar-refractivity contribution < 1.29 is 9.47 Å². The van der Waals surface area contributed by atoms with Crippen molar-refractivity contribution in [2.24, 2.45) is 5.73 Å². The topological polar surface area (TPSA) is 73.2 Å². The van der Waals surface area contributed by atoms with Crippen LogP contribution in [0.3, 0.4) is 0 Å². The largest absolute Gasteiger partial charge is 0.493 e. The minimum absolute atomic E-state index is 0.397. The molecule has 5 nitrogen and oxygen atoms in total. The van der Waals surface area contributed by atoms with Gasteiger partial charge in [-0.25, -0.2) is 0 Å². The first-order valence-corrected chi connectivity index (χ1v) is 5.67. The molecule has 0 saturated carbocycles. The van der Waals surface area contributed by atoms with Gasteiger partial charge in [-0.05, 0) is 24.6 Å². The molecule has 0 aliphatic heterocycles. The molecule has 5 heteroatoms. The lowest BCUT2D eigenvalue weighted by molar-refractivity contribution is 0.355. The first-order chi connectivity index (χ1) is 8.71. The van der Waals surface area contributed by atoms with Crippen molar-refractivity contribution in [2.75, 3.05) is 14.2 Å². The van der Waals surface area contributed by atoms with Crippen molar-refractivity contribution in [1.82, 2.24) is 10.2 Å². The molecule has 2 rings (SSSR count). The zero-order chi connectivity index (χ0) is 13.1. The lowest BCUT2D eigenvalue weighted by atomic mass is 10.0. The second-order valence-electron chi connectivity index (χ2n) is 3.94. The van der Waals surface area contributed by atoms with Crippen LogP contribution in [0.2, 0.25) is 0 Å². The van der Waals surface area contributed by atoms with Gasteiger partial charge < -0.3 is 15.2 Å². The fourth-order valence-corrected chi connectivity index (χ4v) is 2.00. The fraction of sp³-hybridized carbons (Fsp3) is 0.308. The number of aryl methyl sites for hydroxylation is 1. The molecule has 0 unspecified atom stereocenters. The van der Waals surface area contributed by atoms with E-state index in [4.69, 9.17) is 15.2 Å². The highest BCUT2D eigenvalue weighted by Crippen LogP contribution is 2.34. The van der Waals surface area contributed by atoms with Crippen molar-refractivity contribution >= 4 is 0 Å². The minimum Gasteiger partial charge on any atom is -0.493 e. The normalized spacial score (nSPS) is 10.4. The Kier molecular flexibility index (Phi) is 3.53. The lowest BCUT2D eigenvalue weighted by Gasteiger charge is -2.10. The first-order valence-electron chi connectivity index (χ1n) is 5.67. The number of rotatable bonds is 4. The average molecular weight is 247 g/mol. The molecule has 0 fully saturated rings. The van der Waals surface area contributed by atoms with E-state index in [-0.39, 0.29) is 0 Å². The Labute approximate surface area is 106 Å². The molecule has 0 spiro atoms. The Morgan fingerprint density at radius 1 is 1.22 bits per heavy atom.